The number of aromatic nitrogens is 1. The molecule has 1 aromatic heterocycles. The molecule has 1 heterocycles. The number of phenolic OH excluding ortho intramolecular Hbond substituents is 1. The van der Waals surface area contributed by atoms with E-state index in [1.54, 1.807) is 0 Å². The number of hydrogen-bond acceptors (Lipinski definition) is 6. The number of aryl methyl sites for hydroxylation is 1. The number of aliphatic carboxylic acids is 2. The normalized spacial score (nSPS) is 11.8. The average molecular weight is 377 g/mol. The number of hydrogen-bond donors (Lipinski definition) is 4. The van der Waals surface area contributed by atoms with E-state index in [-0.39, 0.29) is 22.8 Å². The van der Waals surface area contributed by atoms with Crippen molar-refractivity contribution >= 4 is 11.9 Å². The molecule has 0 aliphatic heterocycles. The van der Waals surface area contributed by atoms with Crippen molar-refractivity contribution < 1.29 is 34.8 Å². The van der Waals surface area contributed by atoms with Gasteiger partial charge in [0.25, 0.3) is 5.56 Å². The third-order valence-electron chi connectivity index (χ3n) is 4.15. The van der Waals surface area contributed by atoms with Crippen molar-refractivity contribution in [2.24, 2.45) is 0 Å². The Hall–Kier alpha value is -3.49. The molecule has 2 rings (SSSR count). The van der Waals surface area contributed by atoms with Crippen molar-refractivity contribution in [2.75, 3.05) is 7.11 Å². The van der Waals surface area contributed by atoms with Gasteiger partial charge in [-0.15, -0.1) is 0 Å². The number of benzene rings is 1. The van der Waals surface area contributed by atoms with Crippen molar-refractivity contribution in [1.29, 1.82) is 0 Å². The molecule has 2 aromatic rings. The number of carboxylic acid groups (broad SMARTS) is 2. The smallest absolute Gasteiger partial charge is 0.323 e. The molecule has 9 heteroatoms. The van der Waals surface area contributed by atoms with Crippen LogP contribution in [-0.2, 0) is 16.1 Å². The summed E-state index contributed by atoms with van der Waals surface area (Å²) in [6.07, 6.45) is -0.535. The fourth-order valence-corrected chi connectivity index (χ4v) is 2.90. The first-order valence-electron chi connectivity index (χ1n) is 7.89. The Balaban J connectivity index is 2.72. The molecule has 0 radical (unpaired) electrons. The van der Waals surface area contributed by atoms with E-state index in [1.807, 2.05) is 0 Å². The van der Waals surface area contributed by atoms with Gasteiger partial charge in [-0.1, -0.05) is 6.07 Å². The van der Waals surface area contributed by atoms with Gasteiger partial charge in [0.2, 0.25) is 0 Å². The molecule has 0 saturated carbocycles. The zero-order valence-corrected chi connectivity index (χ0v) is 14.7. The fraction of sp³-hybridized carbons (Fsp3) is 0.278. The van der Waals surface area contributed by atoms with Crippen LogP contribution < -0.4 is 10.3 Å². The van der Waals surface area contributed by atoms with Crippen LogP contribution in [0.15, 0.2) is 29.1 Å². The quantitative estimate of drug-likeness (QED) is 0.564. The van der Waals surface area contributed by atoms with Crippen LogP contribution in [0.1, 0.15) is 29.2 Å². The Morgan fingerprint density at radius 2 is 1.78 bits per heavy atom. The van der Waals surface area contributed by atoms with E-state index in [2.05, 4.69) is 0 Å². The highest BCUT2D eigenvalue weighted by Gasteiger charge is 2.27. The lowest BCUT2D eigenvalue weighted by Gasteiger charge is -2.20. The van der Waals surface area contributed by atoms with E-state index in [0.29, 0.717) is 5.56 Å². The predicted molar refractivity (Wildman–Crippen MR) is 93.5 cm³/mol. The van der Waals surface area contributed by atoms with Gasteiger partial charge in [0.05, 0.1) is 19.1 Å². The van der Waals surface area contributed by atoms with Gasteiger partial charge in [-0.2, -0.15) is 0 Å². The lowest BCUT2D eigenvalue weighted by atomic mass is 9.88. The summed E-state index contributed by atoms with van der Waals surface area (Å²) in [6.45, 7) is 0.834. The number of carboxylic acids is 2. The number of ether oxygens (including phenoxy) is 1. The van der Waals surface area contributed by atoms with Crippen LogP contribution in [0, 0.1) is 6.92 Å². The maximum absolute atomic E-state index is 12.8. The maximum atomic E-state index is 12.8. The third-order valence-corrected chi connectivity index (χ3v) is 4.15. The van der Waals surface area contributed by atoms with E-state index in [1.165, 1.54) is 38.3 Å². The molecule has 0 saturated heterocycles. The van der Waals surface area contributed by atoms with E-state index in [9.17, 15) is 29.7 Å². The topological polar surface area (TPSA) is 146 Å². The predicted octanol–water partition coefficient (Wildman–Crippen LogP) is 1.27. The average Bonchev–Trinajstić information content (AvgIpc) is 2.57. The minimum absolute atomic E-state index is 0.0698. The summed E-state index contributed by atoms with van der Waals surface area (Å²) in [5, 5.41) is 38.3. The van der Waals surface area contributed by atoms with Gasteiger partial charge in [0.15, 0.2) is 11.5 Å². The van der Waals surface area contributed by atoms with Crippen LogP contribution >= 0.6 is 0 Å². The first kappa shape index (κ1) is 19.8. The van der Waals surface area contributed by atoms with E-state index >= 15 is 0 Å². The van der Waals surface area contributed by atoms with Gasteiger partial charge in [-0.05, 0) is 30.7 Å². The van der Waals surface area contributed by atoms with Crippen LogP contribution in [0.3, 0.4) is 0 Å². The summed E-state index contributed by atoms with van der Waals surface area (Å²) >= 11 is 0. The molecule has 0 spiro atoms. The third kappa shape index (κ3) is 4.20. The van der Waals surface area contributed by atoms with Crippen LogP contribution in [0.4, 0.5) is 0 Å². The summed E-state index contributed by atoms with van der Waals surface area (Å²) < 4.78 is 5.96. The molecule has 1 unspecified atom stereocenters. The molecule has 144 valence electrons. The van der Waals surface area contributed by atoms with E-state index in [0.717, 1.165) is 4.57 Å². The molecule has 0 fully saturated rings. The molecule has 0 bridgehead atoms. The first-order valence-corrected chi connectivity index (χ1v) is 7.89. The van der Waals surface area contributed by atoms with Crippen molar-refractivity contribution in [3.63, 3.8) is 0 Å². The second-order valence-corrected chi connectivity index (χ2v) is 5.95. The number of aromatic hydroxyl groups is 2. The number of rotatable bonds is 7. The van der Waals surface area contributed by atoms with Gasteiger partial charge in [0.1, 0.15) is 12.3 Å². The number of phenols is 1. The minimum atomic E-state index is -1.25. The number of nitrogens with zero attached hydrogens (tertiary/aromatic N) is 1. The second-order valence-electron chi connectivity index (χ2n) is 5.95. The standard InChI is InChI=1S/C18H19NO8/c1-9-5-13(21)17(18(26)19(9)8-16(24)25)11(7-15(22)23)10-3-4-12(20)14(6-10)27-2/h3-6,11,20-21H,7-8H2,1-2H3,(H,22,23)(H,24,25). The molecule has 1 atom stereocenters. The van der Waals surface area contributed by atoms with Gasteiger partial charge >= 0.3 is 11.9 Å². The maximum Gasteiger partial charge on any atom is 0.323 e. The van der Waals surface area contributed by atoms with Gasteiger partial charge in [-0.3, -0.25) is 14.4 Å². The van der Waals surface area contributed by atoms with Crippen LogP contribution in [0.5, 0.6) is 17.2 Å². The van der Waals surface area contributed by atoms with Gasteiger partial charge < -0.3 is 29.7 Å². The first-order chi connectivity index (χ1) is 12.6. The number of methoxy groups -OCH3 is 1. The van der Waals surface area contributed by atoms with Crippen molar-refractivity contribution in [3.05, 3.63) is 51.4 Å². The largest absolute Gasteiger partial charge is 0.507 e. The molecule has 4 N–H and O–H groups in total. The van der Waals surface area contributed by atoms with Crippen LogP contribution in [0.2, 0.25) is 0 Å². The molecule has 27 heavy (non-hydrogen) atoms. The summed E-state index contributed by atoms with van der Waals surface area (Å²) in [5.74, 6) is -4.09. The van der Waals surface area contributed by atoms with Crippen LogP contribution in [-0.4, -0.2) is 44.0 Å². The molecular formula is C18H19NO8. The minimum Gasteiger partial charge on any atom is -0.507 e. The van der Waals surface area contributed by atoms with Crippen molar-refractivity contribution in [1.82, 2.24) is 4.57 Å². The Kier molecular flexibility index (Phi) is 5.74. The number of carbonyl (C=O) groups is 2. The van der Waals surface area contributed by atoms with E-state index in [4.69, 9.17) is 9.84 Å². The number of pyridine rings is 1. The lowest BCUT2D eigenvalue weighted by Crippen LogP contribution is -2.30. The zero-order valence-electron chi connectivity index (χ0n) is 14.7. The monoisotopic (exact) mass is 377 g/mol. The SMILES string of the molecule is COc1cc(C(CC(=O)O)c2c(O)cc(C)n(CC(=O)O)c2=O)ccc1O. The Labute approximate surface area is 153 Å². The molecule has 0 aliphatic carbocycles. The molecule has 0 amide bonds. The molecule has 1 aromatic carbocycles. The summed E-state index contributed by atoms with van der Waals surface area (Å²) in [7, 11) is 1.31. The van der Waals surface area contributed by atoms with Gasteiger partial charge in [0, 0.05) is 11.6 Å². The highest BCUT2D eigenvalue weighted by atomic mass is 16.5. The Morgan fingerprint density at radius 3 is 2.33 bits per heavy atom. The highest BCUT2D eigenvalue weighted by molar-refractivity contribution is 5.70. The fourth-order valence-electron chi connectivity index (χ4n) is 2.90. The van der Waals surface area contributed by atoms with Crippen molar-refractivity contribution in [3.8, 4) is 17.2 Å². The Bertz CT molecular complexity index is 947. The Morgan fingerprint density at radius 1 is 1.11 bits per heavy atom. The summed E-state index contributed by atoms with van der Waals surface area (Å²) in [4.78, 5) is 35.2. The van der Waals surface area contributed by atoms with E-state index < -0.39 is 42.1 Å². The summed E-state index contributed by atoms with van der Waals surface area (Å²) in [5.41, 5.74) is -0.503. The van der Waals surface area contributed by atoms with Gasteiger partial charge in [-0.25, -0.2) is 0 Å². The zero-order chi connectivity index (χ0) is 20.3. The highest BCUT2D eigenvalue weighted by Crippen LogP contribution is 2.36. The van der Waals surface area contributed by atoms with Crippen molar-refractivity contribution in [2.45, 2.75) is 25.8 Å². The molecule has 0 aliphatic rings. The molecule has 9 nitrogen and oxygen atoms in total. The lowest BCUT2D eigenvalue weighted by molar-refractivity contribution is -0.138. The molecular weight excluding hydrogens is 358 g/mol. The second kappa shape index (κ2) is 7.81. The summed E-state index contributed by atoms with van der Waals surface area (Å²) in [6, 6.07) is 5.27. The van der Waals surface area contributed by atoms with Crippen LogP contribution in [0.25, 0.3) is 0 Å².